The van der Waals surface area contributed by atoms with Gasteiger partial charge in [-0.15, -0.1) is 0 Å². The Balaban J connectivity index is 1.55. The van der Waals surface area contributed by atoms with Crippen LogP contribution in [0.4, 0.5) is 5.69 Å². The molecule has 8 nitrogen and oxygen atoms in total. The predicted octanol–water partition coefficient (Wildman–Crippen LogP) is 1.47. The fourth-order valence-electron chi connectivity index (χ4n) is 3.92. The molecular formula is C20H28N4O4S. The first-order chi connectivity index (χ1) is 14.0. The van der Waals surface area contributed by atoms with Crippen molar-refractivity contribution < 1.29 is 17.9 Å². The van der Waals surface area contributed by atoms with Crippen LogP contribution >= 0.6 is 0 Å². The maximum Gasteiger partial charge on any atom is 0.214 e. The summed E-state index contributed by atoms with van der Waals surface area (Å²) in [6, 6.07) is 8.31. The zero-order valence-corrected chi connectivity index (χ0v) is 17.7. The fourth-order valence-corrected chi connectivity index (χ4v) is 5.08. The molecule has 4 rings (SSSR count). The van der Waals surface area contributed by atoms with Gasteiger partial charge >= 0.3 is 0 Å². The third-order valence-electron chi connectivity index (χ3n) is 5.67. The Bertz CT molecular complexity index is 920. The normalized spacial score (nSPS) is 23.1. The quantitative estimate of drug-likeness (QED) is 0.704. The predicted molar refractivity (Wildman–Crippen MR) is 112 cm³/mol. The van der Waals surface area contributed by atoms with E-state index in [1.54, 1.807) is 20.3 Å². The first-order valence-electron chi connectivity index (χ1n) is 9.89. The van der Waals surface area contributed by atoms with Gasteiger partial charge < -0.3 is 18.9 Å². The highest BCUT2D eigenvalue weighted by molar-refractivity contribution is 7.89. The van der Waals surface area contributed by atoms with Crippen LogP contribution in [0.25, 0.3) is 11.4 Å². The van der Waals surface area contributed by atoms with Crippen LogP contribution in [0.3, 0.4) is 0 Å². The van der Waals surface area contributed by atoms with Crippen molar-refractivity contribution in [1.29, 1.82) is 0 Å². The van der Waals surface area contributed by atoms with E-state index in [9.17, 15) is 8.42 Å². The standard InChI is InChI=1S/C20H28N4O4S/c1-22(2)29(25,26)15-17-13-28-14-19(17)24-8-7-21-20(24)16-3-5-18(6-4-16)23-9-11-27-12-10-23/h3-8,17,19H,9-15H2,1-2H3/t17-,19+/m0/s1. The minimum absolute atomic E-state index is 0.0545. The monoisotopic (exact) mass is 420 g/mol. The van der Waals surface area contributed by atoms with Crippen molar-refractivity contribution in [3.63, 3.8) is 0 Å². The summed E-state index contributed by atoms with van der Waals surface area (Å²) in [4.78, 5) is 6.87. The summed E-state index contributed by atoms with van der Waals surface area (Å²) in [5.74, 6) is 0.794. The average Bonchev–Trinajstić information content (AvgIpc) is 3.37. The van der Waals surface area contributed by atoms with Gasteiger partial charge in [-0.25, -0.2) is 17.7 Å². The van der Waals surface area contributed by atoms with Gasteiger partial charge in [-0.05, 0) is 24.3 Å². The molecule has 0 saturated carbocycles. The van der Waals surface area contributed by atoms with Gasteiger partial charge in [0.25, 0.3) is 0 Å². The Hall–Kier alpha value is -1.94. The van der Waals surface area contributed by atoms with E-state index in [0.717, 1.165) is 37.7 Å². The number of aromatic nitrogens is 2. The molecule has 0 bridgehead atoms. The summed E-state index contributed by atoms with van der Waals surface area (Å²) in [5, 5.41) is 0. The average molecular weight is 421 g/mol. The molecule has 0 amide bonds. The minimum Gasteiger partial charge on any atom is -0.379 e. The molecular weight excluding hydrogens is 392 g/mol. The number of sulfonamides is 1. The molecule has 9 heteroatoms. The summed E-state index contributed by atoms with van der Waals surface area (Å²) in [6.07, 6.45) is 3.68. The maximum atomic E-state index is 12.4. The lowest BCUT2D eigenvalue weighted by molar-refractivity contribution is 0.122. The van der Waals surface area contributed by atoms with Crippen LogP contribution in [0, 0.1) is 5.92 Å². The Morgan fingerprint density at radius 1 is 1.10 bits per heavy atom. The fraction of sp³-hybridized carbons (Fsp3) is 0.550. The molecule has 0 radical (unpaired) electrons. The van der Waals surface area contributed by atoms with Crippen LogP contribution in [-0.2, 0) is 19.5 Å². The Morgan fingerprint density at radius 3 is 2.52 bits per heavy atom. The SMILES string of the molecule is CN(C)S(=O)(=O)C[C@@H]1COC[C@H]1n1ccnc1-c1ccc(N2CCOCC2)cc1. The zero-order chi connectivity index (χ0) is 20.4. The van der Waals surface area contributed by atoms with Crippen molar-refractivity contribution in [3.8, 4) is 11.4 Å². The minimum atomic E-state index is -3.30. The lowest BCUT2D eigenvalue weighted by Crippen LogP contribution is -2.36. The summed E-state index contributed by atoms with van der Waals surface area (Å²) in [6.45, 7) is 4.23. The number of benzene rings is 1. The van der Waals surface area contributed by atoms with Crippen molar-refractivity contribution in [2.75, 3.05) is 64.3 Å². The van der Waals surface area contributed by atoms with E-state index in [2.05, 4.69) is 38.7 Å². The second-order valence-electron chi connectivity index (χ2n) is 7.73. The van der Waals surface area contributed by atoms with E-state index in [-0.39, 0.29) is 17.7 Å². The van der Waals surface area contributed by atoms with Gasteiger partial charge in [0, 0.05) is 56.7 Å². The van der Waals surface area contributed by atoms with E-state index in [1.807, 2.05) is 6.20 Å². The summed E-state index contributed by atoms with van der Waals surface area (Å²) >= 11 is 0. The molecule has 2 aliphatic heterocycles. The highest BCUT2D eigenvalue weighted by Gasteiger charge is 2.35. The van der Waals surface area contributed by atoms with Crippen molar-refractivity contribution in [1.82, 2.24) is 13.9 Å². The topological polar surface area (TPSA) is 76.9 Å². The Kier molecular flexibility index (Phi) is 5.91. The smallest absolute Gasteiger partial charge is 0.214 e. The lowest BCUT2D eigenvalue weighted by Gasteiger charge is -2.29. The molecule has 2 aromatic rings. The first-order valence-corrected chi connectivity index (χ1v) is 11.5. The van der Waals surface area contributed by atoms with Crippen LogP contribution in [0.2, 0.25) is 0 Å². The number of imidazole rings is 1. The molecule has 1 aromatic heterocycles. The molecule has 0 N–H and O–H groups in total. The molecule has 0 aliphatic carbocycles. The third-order valence-corrected chi connectivity index (χ3v) is 7.64. The van der Waals surface area contributed by atoms with Crippen molar-refractivity contribution in [2.45, 2.75) is 6.04 Å². The van der Waals surface area contributed by atoms with Crippen LogP contribution in [-0.4, -0.2) is 81.6 Å². The van der Waals surface area contributed by atoms with Crippen molar-refractivity contribution in [3.05, 3.63) is 36.7 Å². The van der Waals surface area contributed by atoms with Gasteiger partial charge in [-0.1, -0.05) is 0 Å². The van der Waals surface area contributed by atoms with Crippen LogP contribution < -0.4 is 4.90 Å². The van der Waals surface area contributed by atoms with Crippen LogP contribution in [0.1, 0.15) is 6.04 Å². The van der Waals surface area contributed by atoms with Gasteiger partial charge in [-0.3, -0.25) is 0 Å². The molecule has 3 heterocycles. The molecule has 0 unspecified atom stereocenters. The highest BCUT2D eigenvalue weighted by atomic mass is 32.2. The first kappa shape index (κ1) is 20.3. The maximum absolute atomic E-state index is 12.4. The molecule has 2 saturated heterocycles. The van der Waals surface area contributed by atoms with Crippen LogP contribution in [0.5, 0.6) is 0 Å². The number of nitrogens with zero attached hydrogens (tertiary/aromatic N) is 4. The summed E-state index contributed by atoms with van der Waals surface area (Å²) in [5.41, 5.74) is 2.18. The molecule has 2 atom stereocenters. The second kappa shape index (κ2) is 8.43. The Morgan fingerprint density at radius 2 is 1.83 bits per heavy atom. The van der Waals surface area contributed by atoms with Gasteiger partial charge in [0.2, 0.25) is 10.0 Å². The second-order valence-corrected chi connectivity index (χ2v) is 9.96. The van der Waals surface area contributed by atoms with E-state index < -0.39 is 10.0 Å². The molecule has 158 valence electrons. The zero-order valence-electron chi connectivity index (χ0n) is 16.9. The molecule has 1 aromatic carbocycles. The lowest BCUT2D eigenvalue weighted by atomic mass is 10.1. The number of anilines is 1. The summed E-state index contributed by atoms with van der Waals surface area (Å²) < 4.78 is 39.2. The summed E-state index contributed by atoms with van der Waals surface area (Å²) in [7, 11) is -0.161. The van der Waals surface area contributed by atoms with Gasteiger partial charge in [0.1, 0.15) is 5.82 Å². The van der Waals surface area contributed by atoms with Crippen molar-refractivity contribution >= 4 is 15.7 Å². The van der Waals surface area contributed by atoms with Gasteiger partial charge in [0.15, 0.2) is 0 Å². The van der Waals surface area contributed by atoms with E-state index >= 15 is 0 Å². The number of morpholine rings is 1. The van der Waals surface area contributed by atoms with Gasteiger partial charge in [-0.2, -0.15) is 0 Å². The molecule has 2 aliphatic rings. The third kappa shape index (κ3) is 4.32. The van der Waals surface area contributed by atoms with E-state index in [4.69, 9.17) is 9.47 Å². The molecule has 2 fully saturated rings. The van der Waals surface area contributed by atoms with E-state index in [1.165, 1.54) is 9.99 Å². The van der Waals surface area contributed by atoms with Crippen LogP contribution in [0.15, 0.2) is 36.7 Å². The number of ether oxygens (including phenoxy) is 2. The Labute approximate surface area is 172 Å². The molecule has 29 heavy (non-hydrogen) atoms. The van der Waals surface area contributed by atoms with Crippen molar-refractivity contribution in [2.24, 2.45) is 5.92 Å². The molecule has 0 spiro atoms. The highest BCUT2D eigenvalue weighted by Crippen LogP contribution is 2.32. The number of rotatable bonds is 6. The number of hydrogen-bond donors (Lipinski definition) is 0. The van der Waals surface area contributed by atoms with Gasteiger partial charge in [0.05, 0.1) is 38.2 Å². The van der Waals surface area contributed by atoms with E-state index in [0.29, 0.717) is 13.2 Å². The number of hydrogen-bond acceptors (Lipinski definition) is 6. The largest absolute Gasteiger partial charge is 0.379 e.